The molecular formula is C18H19ClN4. The van der Waals surface area contributed by atoms with E-state index in [0.29, 0.717) is 6.04 Å². The highest BCUT2D eigenvalue weighted by molar-refractivity contribution is 6.35. The maximum absolute atomic E-state index is 6.43. The van der Waals surface area contributed by atoms with E-state index in [-0.39, 0.29) is 0 Å². The number of halogens is 1. The zero-order valence-electron chi connectivity index (χ0n) is 13.1. The number of pyridine rings is 1. The summed E-state index contributed by atoms with van der Waals surface area (Å²) in [7, 11) is 1.97. The molecule has 23 heavy (non-hydrogen) atoms. The number of benzene rings is 1. The highest BCUT2D eigenvalue weighted by atomic mass is 35.5. The standard InChI is InChI=1S/C18H19ClN4/c1-22-17-8-4-6-13(19)18(17)15(21-22)12-23-11-5-9-16(23)14-7-2-3-10-20-14/h2-4,6-8,10,16H,5,9,11-12H2,1H3/t16-/m0/s1. The molecule has 1 aliphatic heterocycles. The van der Waals surface area contributed by atoms with E-state index in [4.69, 9.17) is 16.7 Å². The first-order valence-corrected chi connectivity index (χ1v) is 8.37. The molecule has 0 radical (unpaired) electrons. The van der Waals surface area contributed by atoms with Crippen LogP contribution in [0, 0.1) is 0 Å². The summed E-state index contributed by atoms with van der Waals surface area (Å²) in [6, 6.07) is 12.5. The van der Waals surface area contributed by atoms with Crippen molar-refractivity contribution in [3.63, 3.8) is 0 Å². The predicted molar refractivity (Wildman–Crippen MR) is 92.3 cm³/mol. The summed E-state index contributed by atoms with van der Waals surface area (Å²) >= 11 is 6.43. The Morgan fingerprint density at radius 1 is 1.22 bits per heavy atom. The molecule has 4 nitrogen and oxygen atoms in total. The van der Waals surface area contributed by atoms with Crippen molar-refractivity contribution in [1.82, 2.24) is 19.7 Å². The number of aryl methyl sites for hydroxylation is 1. The van der Waals surface area contributed by atoms with Crippen LogP contribution >= 0.6 is 11.6 Å². The van der Waals surface area contributed by atoms with Crippen LogP contribution < -0.4 is 0 Å². The summed E-state index contributed by atoms with van der Waals surface area (Å²) in [5, 5.41) is 6.56. The Morgan fingerprint density at radius 3 is 2.96 bits per heavy atom. The van der Waals surface area contributed by atoms with Gasteiger partial charge in [0.05, 0.1) is 28.0 Å². The zero-order chi connectivity index (χ0) is 15.8. The fourth-order valence-electron chi connectivity index (χ4n) is 3.58. The Balaban J connectivity index is 1.68. The molecule has 0 amide bonds. The van der Waals surface area contributed by atoms with Crippen LogP contribution in [-0.4, -0.2) is 26.2 Å². The molecule has 0 aliphatic carbocycles. The van der Waals surface area contributed by atoms with Gasteiger partial charge in [0.25, 0.3) is 0 Å². The molecule has 1 fully saturated rings. The zero-order valence-corrected chi connectivity index (χ0v) is 13.9. The van der Waals surface area contributed by atoms with E-state index in [2.05, 4.69) is 28.1 Å². The molecule has 4 rings (SSSR count). The van der Waals surface area contributed by atoms with Crippen LogP contribution in [0.15, 0.2) is 42.6 Å². The van der Waals surface area contributed by atoms with Crippen molar-refractivity contribution in [3.05, 3.63) is 59.0 Å². The van der Waals surface area contributed by atoms with Gasteiger partial charge in [0.2, 0.25) is 0 Å². The Morgan fingerprint density at radius 2 is 2.13 bits per heavy atom. The van der Waals surface area contributed by atoms with Crippen LogP contribution in [0.3, 0.4) is 0 Å². The minimum Gasteiger partial charge on any atom is -0.289 e. The molecule has 2 aromatic heterocycles. The highest BCUT2D eigenvalue weighted by Gasteiger charge is 2.28. The molecule has 5 heteroatoms. The average Bonchev–Trinajstić information content (AvgIpc) is 3.15. The fourth-order valence-corrected chi connectivity index (χ4v) is 3.86. The number of aromatic nitrogens is 3. The fraction of sp³-hybridized carbons (Fsp3) is 0.333. The van der Waals surface area contributed by atoms with Crippen LogP contribution in [0.1, 0.15) is 30.3 Å². The van der Waals surface area contributed by atoms with Gasteiger partial charge in [-0.1, -0.05) is 23.7 Å². The quantitative estimate of drug-likeness (QED) is 0.730. The topological polar surface area (TPSA) is 34.0 Å². The normalized spacial score (nSPS) is 18.8. The molecule has 0 bridgehead atoms. The molecule has 1 aliphatic rings. The van der Waals surface area contributed by atoms with Crippen LogP contribution in [0.25, 0.3) is 10.9 Å². The molecular weight excluding hydrogens is 308 g/mol. The maximum atomic E-state index is 6.43. The van der Waals surface area contributed by atoms with Gasteiger partial charge in [0.15, 0.2) is 0 Å². The van der Waals surface area contributed by atoms with E-state index in [9.17, 15) is 0 Å². The monoisotopic (exact) mass is 326 g/mol. The third kappa shape index (κ3) is 2.62. The van der Waals surface area contributed by atoms with Gasteiger partial charge in [0.1, 0.15) is 0 Å². The molecule has 118 valence electrons. The Kier molecular flexibility index (Phi) is 3.79. The van der Waals surface area contributed by atoms with Gasteiger partial charge in [-0.2, -0.15) is 5.10 Å². The Labute approximate surface area is 140 Å². The third-order valence-electron chi connectivity index (χ3n) is 4.65. The highest BCUT2D eigenvalue weighted by Crippen LogP contribution is 2.34. The second-order valence-corrected chi connectivity index (χ2v) is 6.49. The van der Waals surface area contributed by atoms with Gasteiger partial charge in [-0.15, -0.1) is 0 Å². The molecule has 0 N–H and O–H groups in total. The largest absolute Gasteiger partial charge is 0.289 e. The summed E-state index contributed by atoms with van der Waals surface area (Å²) < 4.78 is 1.92. The summed E-state index contributed by atoms with van der Waals surface area (Å²) in [5.41, 5.74) is 3.29. The van der Waals surface area contributed by atoms with Gasteiger partial charge in [-0.05, 0) is 43.7 Å². The van der Waals surface area contributed by atoms with E-state index >= 15 is 0 Å². The number of hydrogen-bond acceptors (Lipinski definition) is 3. The van der Waals surface area contributed by atoms with Crippen LogP contribution in [0.2, 0.25) is 5.02 Å². The minimum absolute atomic E-state index is 0.371. The predicted octanol–water partition coefficient (Wildman–Crippen LogP) is 3.96. The summed E-state index contributed by atoms with van der Waals surface area (Å²) in [4.78, 5) is 7.01. The molecule has 0 unspecified atom stereocenters. The SMILES string of the molecule is Cn1nc(CN2CCC[C@H]2c2ccccn2)c2c(Cl)cccc21. The van der Waals surface area contributed by atoms with Crippen molar-refractivity contribution in [2.24, 2.45) is 7.05 Å². The van der Waals surface area contributed by atoms with Crippen LogP contribution in [-0.2, 0) is 13.6 Å². The molecule has 0 saturated carbocycles. The maximum Gasteiger partial charge on any atom is 0.0858 e. The van der Waals surface area contributed by atoms with E-state index < -0.39 is 0 Å². The van der Waals surface area contributed by atoms with Crippen molar-refractivity contribution >= 4 is 22.5 Å². The van der Waals surface area contributed by atoms with Crippen molar-refractivity contribution in [2.45, 2.75) is 25.4 Å². The number of nitrogens with zero attached hydrogens (tertiary/aromatic N) is 4. The number of likely N-dealkylation sites (tertiary alicyclic amines) is 1. The Hall–Kier alpha value is -1.91. The van der Waals surface area contributed by atoms with E-state index in [0.717, 1.165) is 46.8 Å². The number of hydrogen-bond donors (Lipinski definition) is 0. The van der Waals surface area contributed by atoms with Crippen molar-refractivity contribution in [1.29, 1.82) is 0 Å². The smallest absolute Gasteiger partial charge is 0.0858 e. The first kappa shape index (κ1) is 14.7. The van der Waals surface area contributed by atoms with Crippen molar-refractivity contribution in [2.75, 3.05) is 6.54 Å². The van der Waals surface area contributed by atoms with Gasteiger partial charge in [-0.3, -0.25) is 14.6 Å². The molecule has 3 heterocycles. The van der Waals surface area contributed by atoms with Gasteiger partial charge in [0, 0.05) is 25.2 Å². The second kappa shape index (κ2) is 5.95. The lowest BCUT2D eigenvalue weighted by molar-refractivity contribution is 0.242. The number of fused-ring (bicyclic) bond motifs is 1. The lowest BCUT2D eigenvalue weighted by atomic mass is 10.1. The van der Waals surface area contributed by atoms with Gasteiger partial charge >= 0.3 is 0 Å². The Bertz CT molecular complexity index is 828. The van der Waals surface area contributed by atoms with Gasteiger partial charge < -0.3 is 0 Å². The summed E-state index contributed by atoms with van der Waals surface area (Å²) in [6.07, 6.45) is 4.22. The molecule has 1 aromatic carbocycles. The van der Waals surface area contributed by atoms with E-state index in [1.807, 2.05) is 36.1 Å². The van der Waals surface area contributed by atoms with Crippen LogP contribution in [0.4, 0.5) is 0 Å². The first-order chi connectivity index (χ1) is 11.2. The summed E-state index contributed by atoms with van der Waals surface area (Å²) in [6.45, 7) is 1.88. The average molecular weight is 327 g/mol. The molecule has 1 saturated heterocycles. The van der Waals surface area contributed by atoms with E-state index in [1.54, 1.807) is 0 Å². The summed E-state index contributed by atoms with van der Waals surface area (Å²) in [5.74, 6) is 0. The first-order valence-electron chi connectivity index (χ1n) is 7.99. The lowest BCUT2D eigenvalue weighted by Crippen LogP contribution is -2.23. The van der Waals surface area contributed by atoms with Crippen molar-refractivity contribution in [3.8, 4) is 0 Å². The number of rotatable bonds is 3. The minimum atomic E-state index is 0.371. The lowest BCUT2D eigenvalue weighted by Gasteiger charge is -2.23. The van der Waals surface area contributed by atoms with Gasteiger partial charge in [-0.25, -0.2) is 0 Å². The molecule has 0 spiro atoms. The van der Waals surface area contributed by atoms with Crippen molar-refractivity contribution < 1.29 is 0 Å². The molecule has 1 atom stereocenters. The van der Waals surface area contributed by atoms with E-state index in [1.165, 1.54) is 6.42 Å². The third-order valence-corrected chi connectivity index (χ3v) is 4.96. The second-order valence-electron chi connectivity index (χ2n) is 6.09. The molecule has 3 aromatic rings. The van der Waals surface area contributed by atoms with Crippen LogP contribution in [0.5, 0.6) is 0 Å².